The zero-order valence-electron chi connectivity index (χ0n) is 17.6. The lowest BCUT2D eigenvalue weighted by molar-refractivity contribution is -0.117. The van der Waals surface area contributed by atoms with Gasteiger partial charge in [0.25, 0.3) is 0 Å². The molecule has 158 valence electrons. The number of sulfone groups is 1. The number of anilines is 1. The average molecular weight is 428 g/mol. The van der Waals surface area contributed by atoms with E-state index >= 15 is 0 Å². The van der Waals surface area contributed by atoms with Gasteiger partial charge in [0.1, 0.15) is 16.3 Å². The van der Waals surface area contributed by atoms with Crippen LogP contribution in [0.25, 0.3) is 11.3 Å². The van der Waals surface area contributed by atoms with E-state index < -0.39 is 20.5 Å². The summed E-state index contributed by atoms with van der Waals surface area (Å²) in [5.74, 6) is 0.357. The summed E-state index contributed by atoms with van der Waals surface area (Å²) in [6.45, 7) is 4.63. The molecule has 0 aliphatic carbocycles. The van der Waals surface area contributed by atoms with Crippen LogP contribution in [0.1, 0.15) is 19.4 Å². The number of nitrogens with zero attached hydrogens (tertiary/aromatic N) is 2. The molecule has 3 rings (SSSR count). The Hall–Kier alpha value is -3.13. The van der Waals surface area contributed by atoms with Crippen molar-refractivity contribution in [2.75, 3.05) is 12.4 Å². The monoisotopic (exact) mass is 427 g/mol. The van der Waals surface area contributed by atoms with E-state index in [-0.39, 0.29) is 4.90 Å². The van der Waals surface area contributed by atoms with Crippen LogP contribution in [0, 0.1) is 6.92 Å². The standard InChI is InChI=1S/C22H25N3O4S/c1-15-19(16-9-7-6-8-10-16)24-25(4)20(15)23-21(26)22(2,3)30(27,28)18-13-11-17(29-5)12-14-18/h6-14H,1-5H3,(H,23,26). The van der Waals surface area contributed by atoms with E-state index in [1.807, 2.05) is 37.3 Å². The summed E-state index contributed by atoms with van der Waals surface area (Å²) in [4.78, 5) is 13.1. The fourth-order valence-electron chi connectivity index (χ4n) is 3.10. The van der Waals surface area contributed by atoms with Gasteiger partial charge in [0.2, 0.25) is 5.91 Å². The number of carbonyl (C=O) groups excluding carboxylic acids is 1. The molecule has 7 nitrogen and oxygen atoms in total. The van der Waals surface area contributed by atoms with Gasteiger partial charge >= 0.3 is 0 Å². The molecular formula is C22H25N3O4S. The van der Waals surface area contributed by atoms with Crippen molar-refractivity contribution in [3.05, 3.63) is 60.2 Å². The van der Waals surface area contributed by atoms with E-state index in [0.717, 1.165) is 16.8 Å². The molecule has 0 aliphatic heterocycles. The maximum absolute atomic E-state index is 13.2. The highest BCUT2D eigenvalue weighted by atomic mass is 32.2. The van der Waals surface area contributed by atoms with Crippen LogP contribution in [0.4, 0.5) is 5.82 Å². The number of ether oxygens (including phenoxy) is 1. The summed E-state index contributed by atoms with van der Waals surface area (Å²) < 4.78 is 31.2. The molecule has 0 saturated carbocycles. The Morgan fingerprint density at radius 2 is 1.67 bits per heavy atom. The van der Waals surface area contributed by atoms with Crippen LogP contribution in [0.3, 0.4) is 0 Å². The van der Waals surface area contributed by atoms with Crippen molar-refractivity contribution >= 4 is 21.6 Å². The summed E-state index contributed by atoms with van der Waals surface area (Å²) in [6, 6.07) is 15.6. The Bertz CT molecular complexity index is 1170. The molecule has 0 atom stereocenters. The second-order valence-corrected chi connectivity index (χ2v) is 9.95. The SMILES string of the molecule is COc1ccc(S(=O)(=O)C(C)(C)C(=O)Nc2c(C)c(-c3ccccc3)nn2C)cc1. The van der Waals surface area contributed by atoms with Gasteiger partial charge in [-0.05, 0) is 45.0 Å². The van der Waals surface area contributed by atoms with Crippen molar-refractivity contribution in [3.63, 3.8) is 0 Å². The lowest BCUT2D eigenvalue weighted by Crippen LogP contribution is -2.44. The Morgan fingerprint density at radius 3 is 2.23 bits per heavy atom. The van der Waals surface area contributed by atoms with E-state index in [2.05, 4.69) is 10.4 Å². The average Bonchev–Trinajstić information content (AvgIpc) is 3.02. The molecule has 1 aromatic heterocycles. The number of hydrogen-bond donors (Lipinski definition) is 1. The first kappa shape index (κ1) is 21.6. The smallest absolute Gasteiger partial charge is 0.246 e. The second kappa shape index (κ2) is 7.95. The molecule has 0 unspecified atom stereocenters. The van der Waals surface area contributed by atoms with Crippen molar-refractivity contribution < 1.29 is 17.9 Å². The van der Waals surface area contributed by atoms with Gasteiger partial charge in [0, 0.05) is 18.2 Å². The van der Waals surface area contributed by atoms with Gasteiger partial charge in [0.05, 0.1) is 17.7 Å². The third-order valence-corrected chi connectivity index (χ3v) is 7.57. The Kier molecular flexibility index (Phi) is 5.72. The van der Waals surface area contributed by atoms with E-state index in [1.54, 1.807) is 23.9 Å². The number of aromatic nitrogens is 2. The number of benzene rings is 2. The molecule has 1 heterocycles. The highest BCUT2D eigenvalue weighted by Crippen LogP contribution is 2.31. The van der Waals surface area contributed by atoms with Crippen LogP contribution in [-0.2, 0) is 21.7 Å². The maximum atomic E-state index is 13.2. The van der Waals surface area contributed by atoms with Gasteiger partial charge in [-0.3, -0.25) is 9.48 Å². The Labute approximate surface area is 176 Å². The first-order chi connectivity index (χ1) is 14.1. The first-order valence-corrected chi connectivity index (χ1v) is 10.9. The summed E-state index contributed by atoms with van der Waals surface area (Å²) in [7, 11) is -0.742. The lowest BCUT2D eigenvalue weighted by atomic mass is 10.1. The fourth-order valence-corrected chi connectivity index (χ4v) is 4.48. The molecule has 0 bridgehead atoms. The van der Waals surface area contributed by atoms with Gasteiger partial charge in [-0.2, -0.15) is 5.10 Å². The Morgan fingerprint density at radius 1 is 1.07 bits per heavy atom. The first-order valence-electron chi connectivity index (χ1n) is 9.38. The van der Waals surface area contributed by atoms with Crippen LogP contribution in [-0.4, -0.2) is 36.0 Å². The molecule has 0 spiro atoms. The molecule has 0 fully saturated rings. The van der Waals surface area contributed by atoms with Crippen LogP contribution in [0.5, 0.6) is 5.75 Å². The van der Waals surface area contributed by atoms with Crippen LogP contribution < -0.4 is 10.1 Å². The predicted octanol–water partition coefficient (Wildman–Crippen LogP) is 3.60. The van der Waals surface area contributed by atoms with E-state index in [4.69, 9.17) is 4.74 Å². The van der Waals surface area contributed by atoms with Crippen molar-refractivity contribution in [2.24, 2.45) is 7.05 Å². The van der Waals surface area contributed by atoms with E-state index in [1.165, 1.54) is 33.1 Å². The number of methoxy groups -OCH3 is 1. The molecule has 8 heteroatoms. The highest BCUT2D eigenvalue weighted by Gasteiger charge is 2.43. The number of hydrogen-bond acceptors (Lipinski definition) is 5. The molecule has 2 aromatic carbocycles. The third kappa shape index (κ3) is 3.70. The number of amides is 1. The maximum Gasteiger partial charge on any atom is 0.246 e. The molecule has 0 radical (unpaired) electrons. The molecule has 1 N–H and O–H groups in total. The zero-order valence-corrected chi connectivity index (χ0v) is 18.4. The van der Waals surface area contributed by atoms with Crippen LogP contribution in [0.15, 0.2) is 59.5 Å². The Balaban J connectivity index is 1.92. The summed E-state index contributed by atoms with van der Waals surface area (Å²) in [5.41, 5.74) is 2.40. The largest absolute Gasteiger partial charge is 0.497 e. The molecule has 0 aliphatic rings. The second-order valence-electron chi connectivity index (χ2n) is 7.46. The fraction of sp³-hybridized carbons (Fsp3) is 0.273. The minimum Gasteiger partial charge on any atom is -0.497 e. The minimum absolute atomic E-state index is 0.0511. The molecular weight excluding hydrogens is 402 g/mol. The highest BCUT2D eigenvalue weighted by molar-refractivity contribution is 7.93. The lowest BCUT2D eigenvalue weighted by Gasteiger charge is -2.24. The number of nitrogens with one attached hydrogen (secondary N) is 1. The summed E-state index contributed by atoms with van der Waals surface area (Å²) >= 11 is 0. The topological polar surface area (TPSA) is 90.3 Å². The van der Waals surface area contributed by atoms with Gasteiger partial charge < -0.3 is 10.1 Å². The van der Waals surface area contributed by atoms with Crippen molar-refractivity contribution in [1.82, 2.24) is 9.78 Å². The zero-order chi connectivity index (χ0) is 22.1. The normalized spacial score (nSPS) is 11.9. The molecule has 30 heavy (non-hydrogen) atoms. The third-order valence-electron chi connectivity index (χ3n) is 5.15. The van der Waals surface area contributed by atoms with Crippen LogP contribution in [0.2, 0.25) is 0 Å². The van der Waals surface area contributed by atoms with Gasteiger partial charge in [0.15, 0.2) is 9.84 Å². The molecule has 0 saturated heterocycles. The molecule has 1 amide bonds. The van der Waals surface area contributed by atoms with Gasteiger partial charge in [-0.15, -0.1) is 0 Å². The van der Waals surface area contributed by atoms with E-state index in [9.17, 15) is 13.2 Å². The predicted molar refractivity (Wildman–Crippen MR) is 116 cm³/mol. The van der Waals surface area contributed by atoms with Gasteiger partial charge in [-0.25, -0.2) is 8.42 Å². The molecule has 3 aromatic rings. The minimum atomic E-state index is -3.95. The van der Waals surface area contributed by atoms with E-state index in [0.29, 0.717) is 11.6 Å². The number of aryl methyl sites for hydroxylation is 1. The van der Waals surface area contributed by atoms with Crippen molar-refractivity contribution in [3.8, 4) is 17.0 Å². The quantitative estimate of drug-likeness (QED) is 0.649. The van der Waals surface area contributed by atoms with Crippen LogP contribution >= 0.6 is 0 Å². The summed E-state index contributed by atoms with van der Waals surface area (Å²) in [5, 5.41) is 7.26. The number of carbonyl (C=O) groups is 1. The summed E-state index contributed by atoms with van der Waals surface area (Å²) in [6.07, 6.45) is 0. The van der Waals surface area contributed by atoms with Crippen molar-refractivity contribution in [1.29, 1.82) is 0 Å². The van der Waals surface area contributed by atoms with Gasteiger partial charge in [-0.1, -0.05) is 30.3 Å². The number of rotatable bonds is 6. The van der Waals surface area contributed by atoms with Crippen molar-refractivity contribution in [2.45, 2.75) is 30.4 Å².